The second-order valence-corrected chi connectivity index (χ2v) is 3.21. The van der Waals surface area contributed by atoms with Crippen LogP contribution in [0.1, 0.15) is 5.56 Å². The number of nitrogens with one attached hydrogen (secondary N) is 1. The van der Waals surface area contributed by atoms with E-state index >= 15 is 0 Å². The number of likely N-dealkylation sites (N-methyl/N-ethyl adjacent to an activating group) is 1. The highest BCUT2D eigenvalue weighted by Crippen LogP contribution is 2.22. The summed E-state index contributed by atoms with van der Waals surface area (Å²) in [4.78, 5) is 11.1. The molecule has 0 heterocycles. The predicted octanol–water partition coefficient (Wildman–Crippen LogP) is 1.64. The summed E-state index contributed by atoms with van der Waals surface area (Å²) in [6.07, 6.45) is 0.291. The largest absolute Gasteiger partial charge is 0.497 e. The van der Waals surface area contributed by atoms with Crippen molar-refractivity contribution in [3.05, 3.63) is 28.8 Å². The summed E-state index contributed by atoms with van der Waals surface area (Å²) in [6.45, 7) is 0. The fraction of sp³-hybridized carbons (Fsp3) is 0.300. The quantitative estimate of drug-likeness (QED) is 0.829. The van der Waals surface area contributed by atoms with Crippen molar-refractivity contribution < 1.29 is 9.53 Å². The van der Waals surface area contributed by atoms with Crippen molar-refractivity contribution in [1.29, 1.82) is 0 Å². The number of halogens is 1. The van der Waals surface area contributed by atoms with Gasteiger partial charge >= 0.3 is 0 Å². The van der Waals surface area contributed by atoms with Gasteiger partial charge in [-0.15, -0.1) is 0 Å². The van der Waals surface area contributed by atoms with Gasteiger partial charge in [0.05, 0.1) is 13.5 Å². The molecule has 0 aliphatic heterocycles. The van der Waals surface area contributed by atoms with Gasteiger partial charge in [-0.25, -0.2) is 0 Å². The fourth-order valence-corrected chi connectivity index (χ4v) is 1.30. The van der Waals surface area contributed by atoms with Crippen LogP contribution in [0.4, 0.5) is 0 Å². The molecule has 1 aromatic carbocycles. The molecule has 0 bridgehead atoms. The van der Waals surface area contributed by atoms with Crippen LogP contribution in [0.3, 0.4) is 0 Å². The molecular formula is C10H12ClNO2. The zero-order valence-corrected chi connectivity index (χ0v) is 8.89. The topological polar surface area (TPSA) is 38.3 Å². The van der Waals surface area contributed by atoms with Gasteiger partial charge in [-0.3, -0.25) is 4.79 Å². The lowest BCUT2D eigenvalue weighted by Gasteiger charge is -2.05. The second kappa shape index (κ2) is 4.86. The molecule has 0 aliphatic carbocycles. The molecule has 0 saturated carbocycles. The molecule has 14 heavy (non-hydrogen) atoms. The number of amides is 1. The molecule has 0 radical (unpaired) electrons. The normalized spacial score (nSPS) is 9.64. The monoisotopic (exact) mass is 213 g/mol. The van der Waals surface area contributed by atoms with Gasteiger partial charge in [0.2, 0.25) is 5.91 Å². The van der Waals surface area contributed by atoms with E-state index in [1.165, 1.54) is 0 Å². The van der Waals surface area contributed by atoms with Crippen molar-refractivity contribution in [2.45, 2.75) is 6.42 Å². The van der Waals surface area contributed by atoms with Crippen molar-refractivity contribution in [2.24, 2.45) is 0 Å². The van der Waals surface area contributed by atoms with E-state index in [0.29, 0.717) is 17.2 Å². The van der Waals surface area contributed by atoms with Crippen molar-refractivity contribution in [3.63, 3.8) is 0 Å². The van der Waals surface area contributed by atoms with E-state index in [9.17, 15) is 4.79 Å². The fourth-order valence-electron chi connectivity index (χ4n) is 1.06. The lowest BCUT2D eigenvalue weighted by molar-refractivity contribution is -0.119. The van der Waals surface area contributed by atoms with Gasteiger partial charge in [0, 0.05) is 12.1 Å². The molecule has 0 atom stereocenters. The number of carbonyl (C=O) groups excluding carboxylic acids is 1. The number of benzene rings is 1. The van der Waals surface area contributed by atoms with Crippen LogP contribution in [0, 0.1) is 0 Å². The molecule has 0 saturated heterocycles. The van der Waals surface area contributed by atoms with E-state index in [1.54, 1.807) is 32.4 Å². The van der Waals surface area contributed by atoms with Crippen molar-refractivity contribution in [2.75, 3.05) is 14.2 Å². The third-order valence-electron chi connectivity index (χ3n) is 1.89. The van der Waals surface area contributed by atoms with Gasteiger partial charge in [0.1, 0.15) is 5.75 Å². The zero-order valence-electron chi connectivity index (χ0n) is 8.13. The summed E-state index contributed by atoms with van der Waals surface area (Å²) in [5.74, 6) is 0.632. The van der Waals surface area contributed by atoms with Gasteiger partial charge in [0.15, 0.2) is 0 Å². The Balaban J connectivity index is 2.83. The lowest BCUT2D eigenvalue weighted by Crippen LogP contribution is -2.20. The first kappa shape index (κ1) is 10.9. The maximum Gasteiger partial charge on any atom is 0.224 e. The summed E-state index contributed by atoms with van der Waals surface area (Å²) < 4.78 is 5.00. The van der Waals surface area contributed by atoms with Crippen LogP contribution in [-0.4, -0.2) is 20.1 Å². The van der Waals surface area contributed by atoms with Crippen LogP contribution in [-0.2, 0) is 11.2 Å². The lowest BCUT2D eigenvalue weighted by atomic mass is 10.1. The highest BCUT2D eigenvalue weighted by atomic mass is 35.5. The number of ether oxygens (including phenoxy) is 1. The summed E-state index contributed by atoms with van der Waals surface area (Å²) in [7, 11) is 3.17. The maximum absolute atomic E-state index is 11.1. The van der Waals surface area contributed by atoms with E-state index in [0.717, 1.165) is 5.56 Å². The number of rotatable bonds is 3. The summed E-state index contributed by atoms with van der Waals surface area (Å²) in [5.41, 5.74) is 0.798. The van der Waals surface area contributed by atoms with E-state index < -0.39 is 0 Å². The first-order valence-corrected chi connectivity index (χ1v) is 4.58. The van der Waals surface area contributed by atoms with E-state index in [-0.39, 0.29) is 5.91 Å². The van der Waals surface area contributed by atoms with E-state index in [1.807, 2.05) is 0 Å². The molecule has 1 rings (SSSR count). The average Bonchev–Trinajstić information content (AvgIpc) is 2.20. The minimum Gasteiger partial charge on any atom is -0.497 e. The summed E-state index contributed by atoms with van der Waals surface area (Å²) >= 11 is 5.95. The van der Waals surface area contributed by atoms with Crippen LogP contribution in [0.25, 0.3) is 0 Å². The molecule has 0 aliphatic rings. The summed E-state index contributed by atoms with van der Waals surface area (Å²) in [5, 5.41) is 3.09. The number of hydrogen-bond donors (Lipinski definition) is 1. The first-order chi connectivity index (χ1) is 6.67. The van der Waals surface area contributed by atoms with Crippen molar-refractivity contribution >= 4 is 17.5 Å². The second-order valence-electron chi connectivity index (χ2n) is 2.81. The molecule has 1 aromatic rings. The van der Waals surface area contributed by atoms with Gasteiger partial charge in [-0.05, 0) is 17.7 Å². The Morgan fingerprint density at radius 2 is 2.29 bits per heavy atom. The third kappa shape index (κ3) is 2.64. The zero-order chi connectivity index (χ0) is 10.6. The number of carbonyl (C=O) groups is 1. The molecule has 0 unspecified atom stereocenters. The Labute approximate surface area is 88.0 Å². The Morgan fingerprint density at radius 3 is 2.79 bits per heavy atom. The third-order valence-corrected chi connectivity index (χ3v) is 2.24. The number of hydrogen-bond acceptors (Lipinski definition) is 2. The van der Waals surface area contributed by atoms with Crippen LogP contribution in [0.5, 0.6) is 5.75 Å². The summed E-state index contributed by atoms with van der Waals surface area (Å²) in [6, 6.07) is 5.26. The number of methoxy groups -OCH3 is 1. The van der Waals surface area contributed by atoms with Gasteiger partial charge < -0.3 is 10.1 Å². The Kier molecular flexibility index (Phi) is 3.77. The molecule has 1 amide bonds. The molecule has 76 valence electrons. The SMILES string of the molecule is CNC(=O)Cc1ccc(OC)cc1Cl. The van der Waals surface area contributed by atoms with Gasteiger partial charge in [-0.1, -0.05) is 17.7 Å². The molecule has 0 spiro atoms. The highest BCUT2D eigenvalue weighted by molar-refractivity contribution is 6.31. The standard InChI is InChI=1S/C10H12ClNO2/c1-12-10(13)5-7-3-4-8(14-2)6-9(7)11/h3-4,6H,5H2,1-2H3,(H,12,13). The first-order valence-electron chi connectivity index (χ1n) is 4.20. The van der Waals surface area contributed by atoms with Crippen molar-refractivity contribution in [3.8, 4) is 5.75 Å². The smallest absolute Gasteiger partial charge is 0.224 e. The molecule has 4 heteroatoms. The molecular weight excluding hydrogens is 202 g/mol. The maximum atomic E-state index is 11.1. The van der Waals surface area contributed by atoms with Gasteiger partial charge in [0.25, 0.3) is 0 Å². The van der Waals surface area contributed by atoms with E-state index in [2.05, 4.69) is 5.32 Å². The van der Waals surface area contributed by atoms with Crippen molar-refractivity contribution in [1.82, 2.24) is 5.32 Å². The Bertz CT molecular complexity index is 339. The van der Waals surface area contributed by atoms with Gasteiger partial charge in [-0.2, -0.15) is 0 Å². The highest BCUT2D eigenvalue weighted by Gasteiger charge is 2.06. The van der Waals surface area contributed by atoms with Crippen LogP contribution < -0.4 is 10.1 Å². The predicted molar refractivity (Wildman–Crippen MR) is 55.8 cm³/mol. The van der Waals surface area contributed by atoms with Crippen LogP contribution in [0.15, 0.2) is 18.2 Å². The Hall–Kier alpha value is -1.22. The molecule has 0 aromatic heterocycles. The molecule has 1 N–H and O–H groups in total. The van der Waals surface area contributed by atoms with E-state index in [4.69, 9.17) is 16.3 Å². The van der Waals surface area contributed by atoms with Crippen LogP contribution in [0.2, 0.25) is 5.02 Å². The minimum absolute atomic E-state index is 0.0583. The van der Waals surface area contributed by atoms with Crippen LogP contribution >= 0.6 is 11.6 Å². The average molecular weight is 214 g/mol. The molecule has 0 fully saturated rings. The minimum atomic E-state index is -0.0583. The molecule has 3 nitrogen and oxygen atoms in total. The Morgan fingerprint density at radius 1 is 1.57 bits per heavy atom.